The number of halogens is 2. The number of alkyl halides is 2. The lowest BCUT2D eigenvalue weighted by Gasteiger charge is -2.13. The van der Waals surface area contributed by atoms with Crippen LogP contribution in [-0.4, -0.2) is 40.3 Å². The van der Waals surface area contributed by atoms with Gasteiger partial charge >= 0.3 is 0 Å². The normalized spacial score (nSPS) is 16.8. The lowest BCUT2D eigenvalue weighted by molar-refractivity contribution is -0.115. The summed E-state index contributed by atoms with van der Waals surface area (Å²) in [4.78, 5) is 24.6. The second kappa shape index (κ2) is 10.6. The fourth-order valence-corrected chi connectivity index (χ4v) is 3.87. The molecule has 31 heavy (non-hydrogen) atoms. The predicted molar refractivity (Wildman–Crippen MR) is 110 cm³/mol. The summed E-state index contributed by atoms with van der Waals surface area (Å²) in [6, 6.07) is 9.71. The Morgan fingerprint density at radius 1 is 1.23 bits per heavy atom. The van der Waals surface area contributed by atoms with E-state index in [1.807, 2.05) is 0 Å². The lowest BCUT2D eigenvalue weighted by Crippen LogP contribution is -2.30. The van der Waals surface area contributed by atoms with E-state index in [2.05, 4.69) is 10.6 Å². The molecule has 1 aliphatic rings. The van der Waals surface area contributed by atoms with Crippen LogP contribution in [-0.2, 0) is 27.0 Å². The minimum Gasteiger partial charge on any atom is -0.381 e. The number of rotatable bonds is 8. The van der Waals surface area contributed by atoms with Crippen LogP contribution in [0.15, 0.2) is 47.4 Å². The van der Waals surface area contributed by atoms with Gasteiger partial charge in [0.15, 0.2) is 11.1 Å². The number of carbonyl (C=O) groups excluding carboxylic acids is 2. The van der Waals surface area contributed by atoms with Gasteiger partial charge in [-0.1, -0.05) is 24.3 Å². The molecular formula is C21H22F2N2O5S. The van der Waals surface area contributed by atoms with Gasteiger partial charge in [-0.3, -0.25) is 9.59 Å². The topological polar surface area (TPSA) is 105 Å². The molecule has 0 bridgehead atoms. The monoisotopic (exact) mass is 452 g/mol. The van der Waals surface area contributed by atoms with Crippen molar-refractivity contribution < 1.29 is 31.9 Å². The van der Waals surface area contributed by atoms with E-state index in [-0.39, 0.29) is 39.6 Å². The Labute approximate surface area is 180 Å². The molecule has 0 radical (unpaired) electrons. The van der Waals surface area contributed by atoms with Crippen molar-refractivity contribution in [3.63, 3.8) is 0 Å². The number of hydrogen-bond donors (Lipinski definition) is 3. The summed E-state index contributed by atoms with van der Waals surface area (Å²) in [5.41, 5.74) is 0.154. The number of ether oxygens (including phenoxy) is 1. The highest BCUT2D eigenvalue weighted by atomic mass is 32.2. The van der Waals surface area contributed by atoms with Crippen LogP contribution in [0.4, 0.5) is 14.5 Å². The zero-order valence-electron chi connectivity index (χ0n) is 16.5. The molecule has 0 aromatic heterocycles. The first kappa shape index (κ1) is 23.0. The standard InChI is InChI=1S/C21H22F2N2O5S/c22-20(23)16-4-2-1-3-14(16)9-19(26)25-15-5-6-17(18(10-15)31(28)29)21(27)24-11-13-7-8-30-12-13/h1-6,10,13,20H,7-9,11-12H2,(H,24,27)(H,25,26)(H,28,29). The van der Waals surface area contributed by atoms with E-state index in [0.29, 0.717) is 19.8 Å². The number of carbonyl (C=O) groups is 2. The van der Waals surface area contributed by atoms with Crippen LogP contribution in [0.1, 0.15) is 34.3 Å². The molecule has 3 N–H and O–H groups in total. The minimum atomic E-state index is -2.71. The van der Waals surface area contributed by atoms with Crippen LogP contribution >= 0.6 is 0 Å². The van der Waals surface area contributed by atoms with Crippen molar-refractivity contribution >= 4 is 28.6 Å². The maximum atomic E-state index is 13.1. The van der Waals surface area contributed by atoms with Gasteiger partial charge in [0.2, 0.25) is 5.91 Å². The quantitative estimate of drug-likeness (QED) is 0.534. The van der Waals surface area contributed by atoms with Gasteiger partial charge in [0, 0.05) is 30.3 Å². The predicted octanol–water partition coefficient (Wildman–Crippen LogP) is 3.15. The molecule has 1 aliphatic heterocycles. The Morgan fingerprint density at radius 3 is 2.68 bits per heavy atom. The van der Waals surface area contributed by atoms with Gasteiger partial charge in [-0.15, -0.1) is 0 Å². The summed E-state index contributed by atoms with van der Waals surface area (Å²) >= 11 is -2.48. The largest absolute Gasteiger partial charge is 0.381 e. The van der Waals surface area contributed by atoms with Crippen LogP contribution < -0.4 is 10.6 Å². The average Bonchev–Trinajstić information content (AvgIpc) is 3.25. The third-order valence-electron chi connectivity index (χ3n) is 4.91. The molecule has 2 unspecified atom stereocenters. The number of nitrogens with one attached hydrogen (secondary N) is 2. The summed E-state index contributed by atoms with van der Waals surface area (Å²) in [6.45, 7) is 1.58. The molecule has 7 nitrogen and oxygen atoms in total. The van der Waals surface area contributed by atoms with E-state index in [0.717, 1.165) is 6.42 Å². The summed E-state index contributed by atoms with van der Waals surface area (Å²) in [7, 11) is 0. The highest BCUT2D eigenvalue weighted by Crippen LogP contribution is 2.24. The molecule has 10 heteroatoms. The van der Waals surface area contributed by atoms with Gasteiger partial charge in [-0.05, 0) is 30.2 Å². The van der Waals surface area contributed by atoms with E-state index < -0.39 is 29.3 Å². The molecular weight excluding hydrogens is 430 g/mol. The fraction of sp³-hybridized carbons (Fsp3) is 0.333. The maximum absolute atomic E-state index is 13.1. The lowest BCUT2D eigenvalue weighted by atomic mass is 10.0. The van der Waals surface area contributed by atoms with Gasteiger partial charge in [-0.2, -0.15) is 0 Å². The Bertz CT molecular complexity index is 980. The molecule has 0 saturated carbocycles. The molecule has 1 saturated heterocycles. The maximum Gasteiger partial charge on any atom is 0.264 e. The van der Waals surface area contributed by atoms with Crippen molar-refractivity contribution in [3.8, 4) is 0 Å². The number of benzene rings is 2. The molecule has 2 amide bonds. The van der Waals surface area contributed by atoms with Crippen LogP contribution in [0, 0.1) is 5.92 Å². The van der Waals surface area contributed by atoms with Crippen molar-refractivity contribution in [2.45, 2.75) is 24.2 Å². The molecule has 1 heterocycles. The highest BCUT2D eigenvalue weighted by molar-refractivity contribution is 7.79. The van der Waals surface area contributed by atoms with Crippen molar-refractivity contribution in [2.24, 2.45) is 5.92 Å². The molecule has 166 valence electrons. The van der Waals surface area contributed by atoms with E-state index in [1.54, 1.807) is 6.07 Å². The Kier molecular flexibility index (Phi) is 7.83. The molecule has 1 fully saturated rings. The van der Waals surface area contributed by atoms with E-state index in [4.69, 9.17) is 4.74 Å². The summed E-state index contributed by atoms with van der Waals surface area (Å²) < 4.78 is 52.8. The smallest absolute Gasteiger partial charge is 0.264 e. The van der Waals surface area contributed by atoms with Crippen molar-refractivity contribution in [3.05, 3.63) is 59.2 Å². The fourth-order valence-electron chi connectivity index (χ4n) is 3.29. The van der Waals surface area contributed by atoms with Gasteiger partial charge in [0.05, 0.1) is 23.5 Å². The van der Waals surface area contributed by atoms with Gasteiger partial charge < -0.3 is 19.9 Å². The minimum absolute atomic E-state index is 0.0146. The summed E-state index contributed by atoms with van der Waals surface area (Å²) in [5, 5.41) is 5.24. The van der Waals surface area contributed by atoms with E-state index >= 15 is 0 Å². The molecule has 2 aromatic carbocycles. The van der Waals surface area contributed by atoms with Crippen LogP contribution in [0.3, 0.4) is 0 Å². The molecule has 2 aromatic rings. The molecule has 0 aliphatic carbocycles. The third-order valence-corrected chi connectivity index (χ3v) is 5.63. The first-order valence-electron chi connectivity index (χ1n) is 9.61. The van der Waals surface area contributed by atoms with Crippen LogP contribution in [0.25, 0.3) is 0 Å². The first-order valence-corrected chi connectivity index (χ1v) is 10.7. The Hall–Kier alpha value is -2.69. The van der Waals surface area contributed by atoms with Crippen LogP contribution in [0.5, 0.6) is 0 Å². The second-order valence-corrected chi connectivity index (χ2v) is 8.06. The number of anilines is 1. The average molecular weight is 452 g/mol. The Morgan fingerprint density at radius 2 is 2.00 bits per heavy atom. The van der Waals surface area contributed by atoms with Gasteiger partial charge in [0.1, 0.15) is 0 Å². The molecule has 3 rings (SSSR count). The van der Waals surface area contributed by atoms with E-state index in [9.17, 15) is 27.1 Å². The van der Waals surface area contributed by atoms with Crippen molar-refractivity contribution in [2.75, 3.05) is 25.1 Å². The van der Waals surface area contributed by atoms with Gasteiger partial charge in [0.25, 0.3) is 12.3 Å². The third kappa shape index (κ3) is 6.16. The summed E-state index contributed by atoms with van der Waals surface area (Å²) in [6.07, 6.45) is -2.16. The van der Waals surface area contributed by atoms with Gasteiger partial charge in [-0.25, -0.2) is 13.0 Å². The van der Waals surface area contributed by atoms with Crippen LogP contribution in [0.2, 0.25) is 0 Å². The zero-order valence-corrected chi connectivity index (χ0v) is 17.3. The van der Waals surface area contributed by atoms with E-state index in [1.165, 1.54) is 36.4 Å². The van der Waals surface area contributed by atoms with Crippen molar-refractivity contribution in [1.82, 2.24) is 5.32 Å². The zero-order chi connectivity index (χ0) is 22.4. The highest BCUT2D eigenvalue weighted by Gasteiger charge is 2.20. The summed E-state index contributed by atoms with van der Waals surface area (Å²) in [5.74, 6) is -0.879. The van der Waals surface area contributed by atoms with Crippen molar-refractivity contribution in [1.29, 1.82) is 0 Å². The molecule has 2 atom stereocenters. The number of amides is 2. The SMILES string of the molecule is O=C(Cc1ccccc1C(F)F)Nc1ccc(C(=O)NCC2CCOC2)c(S(=O)O)c1. The Balaban J connectivity index is 1.69. The molecule has 0 spiro atoms. The first-order chi connectivity index (χ1) is 14.8. The second-order valence-electron chi connectivity index (χ2n) is 7.12. The number of hydrogen-bond acceptors (Lipinski definition) is 4.